The largest absolute Gasteiger partial charge is 0.370 e. The van der Waals surface area contributed by atoms with Crippen molar-refractivity contribution in [3.63, 3.8) is 0 Å². The third kappa shape index (κ3) is 3.36. The number of rotatable bonds is 5. The lowest BCUT2D eigenvalue weighted by molar-refractivity contribution is 0.769. The van der Waals surface area contributed by atoms with Gasteiger partial charge in [-0.05, 0) is 6.42 Å². The Morgan fingerprint density at radius 1 is 1.31 bits per heavy atom. The molecular weight excluding hydrogens is 200 g/mol. The maximum absolute atomic E-state index is 4.52. The lowest BCUT2D eigenvalue weighted by Crippen LogP contribution is -2.14. The highest BCUT2D eigenvalue weighted by molar-refractivity contribution is 5.48. The van der Waals surface area contributed by atoms with E-state index >= 15 is 0 Å². The van der Waals surface area contributed by atoms with Gasteiger partial charge in [0.1, 0.15) is 17.5 Å². The monoisotopic (exact) mass is 222 g/mol. The van der Waals surface area contributed by atoms with Crippen molar-refractivity contribution < 1.29 is 0 Å². The van der Waals surface area contributed by atoms with Crippen LogP contribution in [-0.2, 0) is 0 Å². The Morgan fingerprint density at radius 2 is 2.00 bits per heavy atom. The van der Waals surface area contributed by atoms with Crippen LogP contribution in [0, 0.1) is 0 Å². The number of nitrogens with one attached hydrogen (secondary N) is 1. The smallest absolute Gasteiger partial charge is 0.135 e. The van der Waals surface area contributed by atoms with E-state index in [0.29, 0.717) is 5.92 Å². The predicted molar refractivity (Wildman–Crippen MR) is 69.2 cm³/mol. The summed E-state index contributed by atoms with van der Waals surface area (Å²) in [6, 6.07) is 1.99. The average Bonchev–Trinajstić information content (AvgIpc) is 2.25. The van der Waals surface area contributed by atoms with Gasteiger partial charge in [0.2, 0.25) is 0 Å². The first kappa shape index (κ1) is 12.7. The minimum atomic E-state index is 0.349. The second-order valence-electron chi connectivity index (χ2n) is 4.45. The number of nitrogens with zero attached hydrogens (tertiary/aromatic N) is 3. The van der Waals surface area contributed by atoms with Crippen LogP contribution in [-0.4, -0.2) is 30.6 Å². The molecule has 0 bridgehead atoms. The normalized spacial score (nSPS) is 10.6. The molecule has 0 aliphatic rings. The van der Waals surface area contributed by atoms with Gasteiger partial charge in [-0.25, -0.2) is 9.97 Å². The Labute approximate surface area is 98.1 Å². The Kier molecular flexibility index (Phi) is 4.52. The summed E-state index contributed by atoms with van der Waals surface area (Å²) < 4.78 is 0. The fourth-order valence-electron chi connectivity index (χ4n) is 1.28. The molecule has 0 amide bonds. The Morgan fingerprint density at radius 3 is 2.50 bits per heavy atom. The first-order chi connectivity index (χ1) is 7.54. The number of anilines is 2. The van der Waals surface area contributed by atoms with E-state index in [9.17, 15) is 0 Å². The van der Waals surface area contributed by atoms with E-state index in [2.05, 4.69) is 36.1 Å². The molecule has 0 spiro atoms. The summed E-state index contributed by atoms with van der Waals surface area (Å²) in [6.45, 7) is 7.31. The third-order valence-electron chi connectivity index (χ3n) is 2.26. The summed E-state index contributed by atoms with van der Waals surface area (Å²) >= 11 is 0. The first-order valence-corrected chi connectivity index (χ1v) is 5.84. The molecule has 1 rings (SSSR count). The van der Waals surface area contributed by atoms with Crippen LogP contribution in [0.3, 0.4) is 0 Å². The molecule has 16 heavy (non-hydrogen) atoms. The molecular formula is C12H22N4. The summed E-state index contributed by atoms with van der Waals surface area (Å²) in [7, 11) is 3.99. The maximum Gasteiger partial charge on any atom is 0.135 e. The molecule has 0 saturated carbocycles. The molecule has 0 aliphatic carbocycles. The molecule has 0 aliphatic heterocycles. The number of aromatic nitrogens is 2. The van der Waals surface area contributed by atoms with E-state index in [1.807, 2.05) is 25.1 Å². The lowest BCUT2D eigenvalue weighted by atomic mass is 10.2. The van der Waals surface area contributed by atoms with Crippen LogP contribution < -0.4 is 10.2 Å². The molecule has 1 N–H and O–H groups in total. The van der Waals surface area contributed by atoms with Crippen LogP contribution in [0.4, 0.5) is 11.6 Å². The van der Waals surface area contributed by atoms with E-state index in [0.717, 1.165) is 30.4 Å². The molecule has 4 heteroatoms. The van der Waals surface area contributed by atoms with Crippen LogP contribution in [0.2, 0.25) is 0 Å². The second-order valence-corrected chi connectivity index (χ2v) is 4.45. The van der Waals surface area contributed by atoms with Crippen molar-refractivity contribution >= 4 is 11.6 Å². The molecule has 1 heterocycles. The lowest BCUT2D eigenvalue weighted by Gasteiger charge is -2.15. The average molecular weight is 222 g/mol. The highest BCUT2D eigenvalue weighted by Crippen LogP contribution is 2.18. The van der Waals surface area contributed by atoms with Crippen LogP contribution in [0.1, 0.15) is 38.9 Å². The van der Waals surface area contributed by atoms with Gasteiger partial charge in [-0.15, -0.1) is 0 Å². The van der Waals surface area contributed by atoms with Gasteiger partial charge in [-0.1, -0.05) is 20.8 Å². The SMILES string of the molecule is CCCNc1cc(N(C)C)nc(C(C)C)n1. The van der Waals surface area contributed by atoms with Crippen molar-refractivity contribution in [2.75, 3.05) is 30.9 Å². The van der Waals surface area contributed by atoms with Crippen molar-refractivity contribution in [1.29, 1.82) is 0 Å². The fourth-order valence-corrected chi connectivity index (χ4v) is 1.28. The van der Waals surface area contributed by atoms with Crippen molar-refractivity contribution in [2.24, 2.45) is 0 Å². The van der Waals surface area contributed by atoms with Gasteiger partial charge < -0.3 is 10.2 Å². The van der Waals surface area contributed by atoms with Gasteiger partial charge in [0.25, 0.3) is 0 Å². The molecule has 0 unspecified atom stereocenters. The predicted octanol–water partition coefficient (Wildman–Crippen LogP) is 2.49. The summed E-state index contributed by atoms with van der Waals surface area (Å²) in [5, 5.41) is 3.31. The second kappa shape index (κ2) is 5.68. The van der Waals surface area contributed by atoms with Gasteiger partial charge in [-0.2, -0.15) is 0 Å². The fraction of sp³-hybridized carbons (Fsp3) is 0.667. The van der Waals surface area contributed by atoms with Crippen LogP contribution in [0.5, 0.6) is 0 Å². The third-order valence-corrected chi connectivity index (χ3v) is 2.26. The van der Waals surface area contributed by atoms with Crippen molar-refractivity contribution in [3.8, 4) is 0 Å². The van der Waals surface area contributed by atoms with Crippen LogP contribution >= 0.6 is 0 Å². The highest BCUT2D eigenvalue weighted by atomic mass is 15.2. The van der Waals surface area contributed by atoms with Gasteiger partial charge in [-0.3, -0.25) is 0 Å². The van der Waals surface area contributed by atoms with E-state index in [1.165, 1.54) is 0 Å². The molecule has 4 nitrogen and oxygen atoms in total. The van der Waals surface area contributed by atoms with Crippen molar-refractivity contribution in [1.82, 2.24) is 9.97 Å². The van der Waals surface area contributed by atoms with Gasteiger partial charge in [0.15, 0.2) is 0 Å². The molecule has 0 aromatic carbocycles. The summed E-state index contributed by atoms with van der Waals surface area (Å²) in [5.41, 5.74) is 0. The van der Waals surface area contributed by atoms with Crippen molar-refractivity contribution in [2.45, 2.75) is 33.1 Å². The minimum absolute atomic E-state index is 0.349. The standard InChI is InChI=1S/C12H22N4/c1-6-7-13-10-8-11(16(4)5)15-12(14-10)9(2)3/h8-9H,6-7H2,1-5H3,(H,13,14,15). The molecule has 0 fully saturated rings. The van der Waals surface area contributed by atoms with E-state index in [4.69, 9.17) is 0 Å². The van der Waals surface area contributed by atoms with Crippen LogP contribution in [0.15, 0.2) is 6.07 Å². The Bertz CT molecular complexity index is 308. The Hall–Kier alpha value is -1.32. The zero-order valence-corrected chi connectivity index (χ0v) is 10.9. The van der Waals surface area contributed by atoms with Gasteiger partial charge in [0.05, 0.1) is 0 Å². The summed E-state index contributed by atoms with van der Waals surface area (Å²) in [6.07, 6.45) is 1.10. The molecule has 90 valence electrons. The zero-order valence-electron chi connectivity index (χ0n) is 10.9. The molecule has 0 radical (unpaired) electrons. The summed E-state index contributed by atoms with van der Waals surface area (Å²) in [5.74, 6) is 3.12. The first-order valence-electron chi connectivity index (χ1n) is 5.84. The van der Waals surface area contributed by atoms with E-state index in [1.54, 1.807) is 0 Å². The zero-order chi connectivity index (χ0) is 12.1. The quantitative estimate of drug-likeness (QED) is 0.831. The maximum atomic E-state index is 4.52. The van der Waals surface area contributed by atoms with Gasteiger partial charge >= 0.3 is 0 Å². The molecule has 0 saturated heterocycles. The minimum Gasteiger partial charge on any atom is -0.370 e. The van der Waals surface area contributed by atoms with Crippen molar-refractivity contribution in [3.05, 3.63) is 11.9 Å². The molecule has 1 aromatic rings. The molecule has 1 aromatic heterocycles. The summed E-state index contributed by atoms with van der Waals surface area (Å²) in [4.78, 5) is 11.0. The molecule has 0 atom stereocenters. The van der Waals surface area contributed by atoms with Crippen LogP contribution in [0.25, 0.3) is 0 Å². The van der Waals surface area contributed by atoms with E-state index in [-0.39, 0.29) is 0 Å². The van der Waals surface area contributed by atoms with E-state index < -0.39 is 0 Å². The highest BCUT2D eigenvalue weighted by Gasteiger charge is 2.08. The number of hydrogen-bond acceptors (Lipinski definition) is 4. The Balaban J connectivity index is 2.99. The topological polar surface area (TPSA) is 41.0 Å². The van der Waals surface area contributed by atoms with Gasteiger partial charge in [0, 0.05) is 32.6 Å². The number of hydrogen-bond donors (Lipinski definition) is 1.